The van der Waals surface area contributed by atoms with Crippen molar-refractivity contribution in [2.75, 3.05) is 43.2 Å². The standard InChI is InChI=1S/C40H43N3O7/c1-4-39-21-9-23-41(28-15-19-32(20-16-28)49-5-2)36(45)33(39)34-37(46)43(30(26-44)25-27-11-7-6-8-12-27)35-38(47)42(24-10-22-40(34,35)50-39)29-13-17-31(48-3)18-14-29/h6-22,30,33-35,44H,4-5,23-26H2,1-3H3/t30-,33+,34+,35?,39-,40+/m1/s1. The van der Waals surface area contributed by atoms with Gasteiger partial charge >= 0.3 is 0 Å². The summed E-state index contributed by atoms with van der Waals surface area (Å²) in [6.07, 6.45) is 8.27. The Morgan fingerprint density at radius 3 is 2.02 bits per heavy atom. The van der Waals surface area contributed by atoms with Crippen LogP contribution in [0, 0.1) is 11.8 Å². The van der Waals surface area contributed by atoms with E-state index in [1.54, 1.807) is 29.0 Å². The summed E-state index contributed by atoms with van der Waals surface area (Å²) in [4.78, 5) is 50.0. The van der Waals surface area contributed by atoms with Gasteiger partial charge in [-0.3, -0.25) is 14.4 Å². The van der Waals surface area contributed by atoms with Crippen molar-refractivity contribution in [3.05, 3.63) is 109 Å². The van der Waals surface area contributed by atoms with Crippen LogP contribution in [-0.4, -0.2) is 84.4 Å². The zero-order valence-corrected chi connectivity index (χ0v) is 28.6. The van der Waals surface area contributed by atoms with Crippen LogP contribution in [0.15, 0.2) is 103 Å². The monoisotopic (exact) mass is 677 g/mol. The maximum Gasteiger partial charge on any atom is 0.253 e. The number of aliphatic hydroxyl groups is 1. The molecule has 1 unspecified atom stereocenters. The van der Waals surface area contributed by atoms with Gasteiger partial charge in [-0.15, -0.1) is 0 Å². The molecule has 10 heteroatoms. The molecule has 10 nitrogen and oxygen atoms in total. The quantitative estimate of drug-likeness (QED) is 0.314. The van der Waals surface area contributed by atoms with Gasteiger partial charge < -0.3 is 34.0 Å². The SMILES string of the molecule is CCOc1ccc(N2CC=C[C@@]3(CC)O[C@]45C=CCN(c6ccc(OC)cc6)C(=O)C4N([C@@H](CO)Cc4ccccc4)C(=O)[C@@H]5[C@H]3C2=O)cc1. The number of amides is 3. The first kappa shape index (κ1) is 33.6. The van der Waals surface area contributed by atoms with E-state index in [2.05, 4.69) is 0 Å². The predicted octanol–water partition coefficient (Wildman–Crippen LogP) is 4.56. The number of nitrogens with zero attached hydrogens (tertiary/aromatic N) is 3. The van der Waals surface area contributed by atoms with Gasteiger partial charge in [0.1, 0.15) is 23.1 Å². The third kappa shape index (κ3) is 5.38. The fourth-order valence-electron chi connectivity index (χ4n) is 8.34. The Labute approximate surface area is 292 Å². The van der Waals surface area contributed by atoms with Crippen LogP contribution < -0.4 is 19.3 Å². The van der Waals surface area contributed by atoms with Gasteiger partial charge in [-0.25, -0.2) is 0 Å². The average Bonchev–Trinajstić information content (AvgIpc) is 3.44. The average molecular weight is 678 g/mol. The number of aliphatic hydroxyl groups excluding tert-OH is 1. The molecule has 7 rings (SSSR count). The minimum atomic E-state index is -1.47. The molecule has 50 heavy (non-hydrogen) atoms. The number of anilines is 2. The number of fused-ring (bicyclic) bond motifs is 2. The number of benzene rings is 3. The lowest BCUT2D eigenvalue weighted by Crippen LogP contribution is -2.59. The van der Waals surface area contributed by atoms with Gasteiger partial charge in [0, 0.05) is 24.5 Å². The van der Waals surface area contributed by atoms with E-state index in [1.807, 2.05) is 105 Å². The van der Waals surface area contributed by atoms with E-state index < -0.39 is 35.1 Å². The second-order valence-corrected chi connectivity index (χ2v) is 13.2. The highest BCUT2D eigenvalue weighted by molar-refractivity contribution is 6.07. The summed E-state index contributed by atoms with van der Waals surface area (Å²) in [7, 11) is 1.58. The number of hydrogen-bond acceptors (Lipinski definition) is 7. The van der Waals surface area contributed by atoms with Crippen molar-refractivity contribution in [3.8, 4) is 11.5 Å². The molecule has 0 radical (unpaired) electrons. The molecule has 4 heterocycles. The van der Waals surface area contributed by atoms with Crippen molar-refractivity contribution < 1.29 is 33.7 Å². The topological polar surface area (TPSA) is 109 Å². The highest BCUT2D eigenvalue weighted by Gasteiger charge is 2.76. The van der Waals surface area contributed by atoms with Gasteiger partial charge in [0.05, 0.1) is 43.8 Å². The van der Waals surface area contributed by atoms with Gasteiger partial charge in [0.25, 0.3) is 5.91 Å². The van der Waals surface area contributed by atoms with Crippen molar-refractivity contribution in [1.29, 1.82) is 0 Å². The molecule has 3 aromatic carbocycles. The van der Waals surface area contributed by atoms with Crippen molar-refractivity contribution in [2.45, 2.75) is 50.0 Å². The maximum atomic E-state index is 15.2. The first-order chi connectivity index (χ1) is 24.3. The van der Waals surface area contributed by atoms with Gasteiger partial charge in [-0.1, -0.05) is 61.6 Å². The fourth-order valence-corrected chi connectivity index (χ4v) is 8.34. The lowest BCUT2D eigenvalue weighted by Gasteiger charge is -2.41. The second kappa shape index (κ2) is 13.4. The van der Waals surface area contributed by atoms with Crippen LogP contribution in [0.3, 0.4) is 0 Å². The minimum absolute atomic E-state index is 0.232. The molecule has 3 amide bonds. The number of methoxy groups -OCH3 is 1. The van der Waals surface area contributed by atoms with E-state index in [0.29, 0.717) is 48.9 Å². The van der Waals surface area contributed by atoms with Crippen molar-refractivity contribution in [2.24, 2.45) is 11.8 Å². The Morgan fingerprint density at radius 1 is 0.800 bits per heavy atom. The summed E-state index contributed by atoms with van der Waals surface area (Å²) < 4.78 is 18.2. The molecular weight excluding hydrogens is 634 g/mol. The summed E-state index contributed by atoms with van der Waals surface area (Å²) in [6.45, 7) is 4.53. The molecule has 2 saturated heterocycles. The molecule has 0 aromatic heterocycles. The number of likely N-dealkylation sites (tertiary alicyclic amines) is 1. The highest BCUT2D eigenvalue weighted by Crippen LogP contribution is 2.59. The zero-order chi connectivity index (χ0) is 35.0. The van der Waals surface area contributed by atoms with Gasteiger partial charge in [-0.05, 0) is 73.9 Å². The van der Waals surface area contributed by atoms with E-state index in [4.69, 9.17) is 14.2 Å². The van der Waals surface area contributed by atoms with Gasteiger partial charge in [0.2, 0.25) is 11.8 Å². The zero-order valence-electron chi connectivity index (χ0n) is 28.6. The van der Waals surface area contributed by atoms with Crippen LogP contribution in [0.5, 0.6) is 11.5 Å². The van der Waals surface area contributed by atoms with Crippen LogP contribution in [0.2, 0.25) is 0 Å². The van der Waals surface area contributed by atoms with Gasteiger partial charge in [-0.2, -0.15) is 0 Å². The van der Waals surface area contributed by atoms with Crippen LogP contribution in [0.25, 0.3) is 0 Å². The minimum Gasteiger partial charge on any atom is -0.497 e. The molecule has 1 N–H and O–H groups in total. The number of hydrogen-bond donors (Lipinski definition) is 1. The van der Waals surface area contributed by atoms with E-state index in [1.165, 1.54) is 4.90 Å². The number of rotatable bonds is 10. The van der Waals surface area contributed by atoms with E-state index >= 15 is 9.59 Å². The second-order valence-electron chi connectivity index (χ2n) is 13.2. The first-order valence-electron chi connectivity index (χ1n) is 17.3. The van der Waals surface area contributed by atoms with E-state index in [0.717, 1.165) is 5.56 Å². The summed E-state index contributed by atoms with van der Waals surface area (Å²) >= 11 is 0. The third-order valence-electron chi connectivity index (χ3n) is 10.6. The maximum absolute atomic E-state index is 15.2. The Balaban J connectivity index is 1.35. The Kier molecular flexibility index (Phi) is 9.00. The summed E-state index contributed by atoms with van der Waals surface area (Å²) in [5.41, 5.74) is -0.400. The van der Waals surface area contributed by atoms with Crippen molar-refractivity contribution in [3.63, 3.8) is 0 Å². The Bertz CT molecular complexity index is 1790. The normalized spacial score (nSPS) is 27.8. The Hall–Kier alpha value is -4.93. The molecule has 0 saturated carbocycles. The van der Waals surface area contributed by atoms with Crippen LogP contribution in [0.4, 0.5) is 11.4 Å². The molecule has 2 fully saturated rings. The summed E-state index contributed by atoms with van der Waals surface area (Å²) in [5, 5.41) is 10.9. The summed E-state index contributed by atoms with van der Waals surface area (Å²) in [6, 6.07) is 22.2. The van der Waals surface area contributed by atoms with Gasteiger partial charge in [0.15, 0.2) is 0 Å². The molecule has 1 spiro atoms. The molecule has 4 aliphatic heterocycles. The Morgan fingerprint density at radius 2 is 1.42 bits per heavy atom. The number of carbonyl (C=O) groups is 3. The van der Waals surface area contributed by atoms with Crippen LogP contribution in [-0.2, 0) is 25.5 Å². The first-order valence-corrected chi connectivity index (χ1v) is 17.3. The van der Waals surface area contributed by atoms with Crippen LogP contribution in [0.1, 0.15) is 25.8 Å². The molecule has 0 bridgehead atoms. The van der Waals surface area contributed by atoms with Crippen molar-refractivity contribution in [1.82, 2.24) is 4.90 Å². The third-order valence-corrected chi connectivity index (χ3v) is 10.6. The predicted molar refractivity (Wildman–Crippen MR) is 189 cm³/mol. The molecule has 3 aromatic rings. The van der Waals surface area contributed by atoms with Crippen LogP contribution >= 0.6 is 0 Å². The largest absolute Gasteiger partial charge is 0.497 e. The molecule has 4 aliphatic rings. The molecule has 260 valence electrons. The number of ether oxygens (including phenoxy) is 3. The lowest BCUT2D eigenvalue weighted by molar-refractivity contribution is -0.149. The van der Waals surface area contributed by atoms with E-state index in [-0.39, 0.29) is 30.9 Å². The lowest BCUT2D eigenvalue weighted by atomic mass is 9.73. The number of carbonyl (C=O) groups excluding carboxylic acids is 3. The smallest absolute Gasteiger partial charge is 0.253 e. The summed E-state index contributed by atoms with van der Waals surface area (Å²) in [5.74, 6) is -1.58. The fraction of sp³-hybridized carbons (Fsp3) is 0.375. The molecular formula is C40H43N3O7. The highest BCUT2D eigenvalue weighted by atomic mass is 16.5. The molecule has 6 atom stereocenters. The van der Waals surface area contributed by atoms with Crippen molar-refractivity contribution >= 4 is 29.1 Å². The van der Waals surface area contributed by atoms with E-state index in [9.17, 15) is 9.90 Å². The molecule has 0 aliphatic carbocycles.